The number of amides is 1. The Labute approximate surface area is 134 Å². The molecule has 0 aliphatic carbocycles. The van der Waals surface area contributed by atoms with E-state index in [1.54, 1.807) is 22.7 Å². The molecule has 1 aromatic heterocycles. The molecule has 120 valence electrons. The van der Waals surface area contributed by atoms with Crippen LogP contribution in [0.1, 0.15) is 18.9 Å². The average molecular weight is 313 g/mol. The van der Waals surface area contributed by atoms with Crippen molar-refractivity contribution in [3.05, 3.63) is 48.3 Å². The first kappa shape index (κ1) is 15.3. The Morgan fingerprint density at radius 2 is 2.04 bits per heavy atom. The lowest BCUT2D eigenvalue weighted by Crippen LogP contribution is -2.35. The fraction of sp³-hybridized carbons (Fsp3) is 0.353. The van der Waals surface area contributed by atoms with Gasteiger partial charge in [-0.2, -0.15) is 5.10 Å². The summed E-state index contributed by atoms with van der Waals surface area (Å²) in [5.74, 6) is -0.896. The molecule has 1 unspecified atom stereocenters. The number of likely N-dealkylation sites (tertiary alicyclic amines) is 1. The smallest absolute Gasteiger partial charge is 0.311 e. The molecule has 2 aromatic rings. The van der Waals surface area contributed by atoms with Gasteiger partial charge >= 0.3 is 5.97 Å². The van der Waals surface area contributed by atoms with Crippen molar-refractivity contribution in [1.29, 1.82) is 0 Å². The molecule has 1 aliphatic rings. The highest BCUT2D eigenvalue weighted by molar-refractivity contribution is 5.81. The van der Waals surface area contributed by atoms with Gasteiger partial charge in [-0.3, -0.25) is 9.59 Å². The van der Waals surface area contributed by atoms with Gasteiger partial charge in [0, 0.05) is 19.3 Å². The molecule has 1 fully saturated rings. The number of carboxylic acids is 1. The molecule has 0 radical (unpaired) electrons. The van der Waals surface area contributed by atoms with Gasteiger partial charge in [-0.1, -0.05) is 18.2 Å². The van der Waals surface area contributed by atoms with Crippen molar-refractivity contribution in [3.8, 4) is 5.69 Å². The second-order valence-corrected chi connectivity index (χ2v) is 6.24. The van der Waals surface area contributed by atoms with Gasteiger partial charge in [0.15, 0.2) is 0 Å². The molecule has 1 aliphatic heterocycles. The van der Waals surface area contributed by atoms with Gasteiger partial charge in [0.1, 0.15) is 0 Å². The molecular weight excluding hydrogens is 294 g/mol. The Balaban J connectivity index is 1.66. The summed E-state index contributed by atoms with van der Waals surface area (Å²) in [6.07, 6.45) is 4.25. The second kappa shape index (κ2) is 5.87. The number of aromatic nitrogens is 2. The average Bonchev–Trinajstić information content (AvgIpc) is 3.16. The maximum absolute atomic E-state index is 12.4. The lowest BCUT2D eigenvalue weighted by molar-refractivity contribution is -0.147. The van der Waals surface area contributed by atoms with Crippen molar-refractivity contribution in [1.82, 2.24) is 14.7 Å². The number of hydrogen-bond acceptors (Lipinski definition) is 3. The van der Waals surface area contributed by atoms with Gasteiger partial charge < -0.3 is 10.0 Å². The Morgan fingerprint density at radius 1 is 1.30 bits per heavy atom. The standard InChI is InChI=1S/C17H19N3O3/c1-17(16(22)23)7-8-19(12-17)15(21)9-13-10-18-20(11-13)14-5-3-2-4-6-14/h2-6,10-11H,7-9,12H2,1H3,(H,22,23). The number of para-hydroxylation sites is 1. The minimum absolute atomic E-state index is 0.0532. The molecule has 0 bridgehead atoms. The fourth-order valence-corrected chi connectivity index (χ4v) is 2.81. The van der Waals surface area contributed by atoms with Crippen LogP contribution in [-0.2, 0) is 16.0 Å². The van der Waals surface area contributed by atoms with Gasteiger partial charge in [-0.05, 0) is 31.0 Å². The summed E-state index contributed by atoms with van der Waals surface area (Å²) in [4.78, 5) is 25.3. The highest BCUT2D eigenvalue weighted by Gasteiger charge is 2.41. The minimum Gasteiger partial charge on any atom is -0.481 e. The van der Waals surface area contributed by atoms with Crippen LogP contribution >= 0.6 is 0 Å². The molecule has 0 saturated carbocycles. The van der Waals surface area contributed by atoms with E-state index in [1.165, 1.54) is 0 Å². The molecule has 1 saturated heterocycles. The van der Waals surface area contributed by atoms with Crippen molar-refractivity contribution >= 4 is 11.9 Å². The van der Waals surface area contributed by atoms with Crippen LogP contribution in [0.3, 0.4) is 0 Å². The zero-order valence-electron chi connectivity index (χ0n) is 13.0. The van der Waals surface area contributed by atoms with Crippen molar-refractivity contribution in [2.75, 3.05) is 13.1 Å². The molecule has 1 aromatic carbocycles. The quantitative estimate of drug-likeness (QED) is 0.933. The zero-order valence-corrected chi connectivity index (χ0v) is 13.0. The first-order valence-electron chi connectivity index (χ1n) is 7.58. The molecule has 1 atom stereocenters. The third-order valence-corrected chi connectivity index (χ3v) is 4.35. The van der Waals surface area contributed by atoms with Crippen LogP contribution in [0.25, 0.3) is 5.69 Å². The zero-order chi connectivity index (χ0) is 16.4. The summed E-state index contributed by atoms with van der Waals surface area (Å²) in [5.41, 5.74) is 0.928. The lowest BCUT2D eigenvalue weighted by atomic mass is 9.90. The van der Waals surface area contributed by atoms with Crippen LogP contribution < -0.4 is 0 Å². The maximum Gasteiger partial charge on any atom is 0.311 e. The van der Waals surface area contributed by atoms with E-state index in [-0.39, 0.29) is 18.9 Å². The highest BCUT2D eigenvalue weighted by Crippen LogP contribution is 2.30. The maximum atomic E-state index is 12.4. The van der Waals surface area contributed by atoms with Gasteiger partial charge in [-0.15, -0.1) is 0 Å². The summed E-state index contributed by atoms with van der Waals surface area (Å²) in [6, 6.07) is 9.68. The summed E-state index contributed by atoms with van der Waals surface area (Å²) in [6.45, 7) is 2.46. The van der Waals surface area contributed by atoms with Crippen LogP contribution in [0.5, 0.6) is 0 Å². The number of carbonyl (C=O) groups excluding carboxylic acids is 1. The summed E-state index contributed by atoms with van der Waals surface area (Å²) in [5, 5.41) is 13.5. The van der Waals surface area contributed by atoms with E-state index >= 15 is 0 Å². The predicted molar refractivity (Wildman–Crippen MR) is 84.2 cm³/mol. The molecule has 0 spiro atoms. The van der Waals surface area contributed by atoms with Crippen LogP contribution in [-0.4, -0.2) is 44.8 Å². The van der Waals surface area contributed by atoms with Crippen LogP contribution in [0, 0.1) is 5.41 Å². The van der Waals surface area contributed by atoms with Gasteiger partial charge in [-0.25, -0.2) is 4.68 Å². The molecule has 1 N–H and O–H groups in total. The first-order chi connectivity index (χ1) is 11.0. The molecule has 23 heavy (non-hydrogen) atoms. The second-order valence-electron chi connectivity index (χ2n) is 6.24. The summed E-state index contributed by atoms with van der Waals surface area (Å²) >= 11 is 0. The Bertz CT molecular complexity index is 726. The summed E-state index contributed by atoms with van der Waals surface area (Å²) < 4.78 is 1.73. The third kappa shape index (κ3) is 3.11. The van der Waals surface area contributed by atoms with Crippen molar-refractivity contribution in [3.63, 3.8) is 0 Å². The minimum atomic E-state index is -0.843. The van der Waals surface area contributed by atoms with E-state index in [9.17, 15) is 14.7 Å². The van der Waals surface area contributed by atoms with E-state index in [1.807, 2.05) is 36.5 Å². The van der Waals surface area contributed by atoms with Crippen molar-refractivity contribution in [2.45, 2.75) is 19.8 Å². The normalized spacial score (nSPS) is 20.7. The highest BCUT2D eigenvalue weighted by atomic mass is 16.4. The largest absolute Gasteiger partial charge is 0.481 e. The Morgan fingerprint density at radius 3 is 2.70 bits per heavy atom. The van der Waals surface area contributed by atoms with E-state index in [0.29, 0.717) is 13.0 Å². The van der Waals surface area contributed by atoms with E-state index in [0.717, 1.165) is 11.3 Å². The monoisotopic (exact) mass is 313 g/mol. The topological polar surface area (TPSA) is 75.4 Å². The third-order valence-electron chi connectivity index (χ3n) is 4.35. The molecule has 1 amide bonds. The molecule has 3 rings (SSSR count). The SMILES string of the molecule is CC1(C(=O)O)CCN(C(=O)Cc2cnn(-c3ccccc3)c2)C1. The predicted octanol–water partition coefficient (Wildman–Crippen LogP) is 1.74. The van der Waals surface area contributed by atoms with Gasteiger partial charge in [0.05, 0.1) is 23.7 Å². The number of hydrogen-bond donors (Lipinski definition) is 1. The first-order valence-corrected chi connectivity index (χ1v) is 7.58. The molecule has 6 nitrogen and oxygen atoms in total. The van der Waals surface area contributed by atoms with E-state index in [2.05, 4.69) is 5.10 Å². The Kier molecular flexibility index (Phi) is 3.90. The fourth-order valence-electron chi connectivity index (χ4n) is 2.81. The molecular formula is C17H19N3O3. The number of rotatable bonds is 4. The Hall–Kier alpha value is -2.63. The van der Waals surface area contributed by atoms with Crippen molar-refractivity contribution in [2.24, 2.45) is 5.41 Å². The number of carbonyl (C=O) groups is 2. The number of nitrogens with zero attached hydrogens (tertiary/aromatic N) is 3. The van der Waals surface area contributed by atoms with E-state index in [4.69, 9.17) is 0 Å². The molecule has 6 heteroatoms. The number of aliphatic carboxylic acids is 1. The van der Waals surface area contributed by atoms with Gasteiger partial charge in [0.2, 0.25) is 5.91 Å². The van der Waals surface area contributed by atoms with E-state index < -0.39 is 11.4 Å². The van der Waals surface area contributed by atoms with Gasteiger partial charge in [0.25, 0.3) is 0 Å². The lowest BCUT2D eigenvalue weighted by Gasteiger charge is -2.19. The molecule has 2 heterocycles. The number of carboxylic acid groups (broad SMARTS) is 1. The summed E-state index contributed by atoms with van der Waals surface area (Å²) in [7, 11) is 0. The van der Waals surface area contributed by atoms with Crippen LogP contribution in [0.2, 0.25) is 0 Å². The van der Waals surface area contributed by atoms with Crippen LogP contribution in [0.4, 0.5) is 0 Å². The van der Waals surface area contributed by atoms with Crippen molar-refractivity contribution < 1.29 is 14.7 Å². The van der Waals surface area contributed by atoms with Crippen LogP contribution in [0.15, 0.2) is 42.7 Å². The number of benzene rings is 1.